The molecule has 1 aromatic rings. The molecule has 5 nitrogen and oxygen atoms in total. The van der Waals surface area contributed by atoms with E-state index < -0.39 is 5.41 Å². The molecule has 0 spiro atoms. The number of hydrogen-bond acceptors (Lipinski definition) is 3. The molecule has 2 aliphatic rings. The number of carbonyl (C=O) groups excluding carboxylic acids is 2. The molecule has 0 aliphatic carbocycles. The van der Waals surface area contributed by atoms with Gasteiger partial charge in [-0.1, -0.05) is 0 Å². The second-order valence-electron chi connectivity index (χ2n) is 5.50. The van der Waals surface area contributed by atoms with Gasteiger partial charge in [0.15, 0.2) is 0 Å². The summed E-state index contributed by atoms with van der Waals surface area (Å²) in [5.41, 5.74) is 5.74. The van der Waals surface area contributed by atoms with Crippen molar-refractivity contribution < 1.29 is 9.59 Å². The molecule has 20 heavy (non-hydrogen) atoms. The topological polar surface area (TPSA) is 70.6 Å². The maximum atomic E-state index is 12.0. The van der Waals surface area contributed by atoms with Gasteiger partial charge in [-0.3, -0.25) is 0 Å². The van der Waals surface area contributed by atoms with Crippen LogP contribution in [-0.4, -0.2) is 31.4 Å². The Hall–Kier alpha value is -1.65. The van der Waals surface area contributed by atoms with Crippen molar-refractivity contribution in [2.75, 3.05) is 5.32 Å². The first-order chi connectivity index (χ1) is 9.39. The predicted molar refractivity (Wildman–Crippen MR) is 78.3 cm³/mol. The van der Waals surface area contributed by atoms with Gasteiger partial charge in [0.2, 0.25) is 0 Å². The Balaban J connectivity index is 2.05. The van der Waals surface area contributed by atoms with Crippen LogP contribution in [0, 0.1) is 0 Å². The number of hydrogen-bond donors (Lipinski definition) is 2. The molecule has 1 aromatic carbocycles. The van der Waals surface area contributed by atoms with E-state index in [-0.39, 0.29) is 30.5 Å². The molecule has 2 N–H and O–H groups in total. The molecule has 0 saturated heterocycles. The van der Waals surface area contributed by atoms with Crippen LogP contribution < -0.4 is 10.7 Å². The van der Waals surface area contributed by atoms with Gasteiger partial charge in [0.25, 0.3) is 0 Å². The Bertz CT molecular complexity index is 652. The third kappa shape index (κ3) is 1.96. The van der Waals surface area contributed by atoms with E-state index in [1.165, 1.54) is 0 Å². The molecule has 1 unspecified atom stereocenters. The van der Waals surface area contributed by atoms with Crippen molar-refractivity contribution in [3.63, 3.8) is 0 Å². The number of rotatable bonds is 1. The Morgan fingerprint density at radius 1 is 1.30 bits per heavy atom. The van der Waals surface area contributed by atoms with Gasteiger partial charge in [0.05, 0.1) is 0 Å². The fourth-order valence-electron chi connectivity index (χ4n) is 2.47. The number of nitrogens with one attached hydrogen (secondary N) is 2. The monoisotopic (exact) mass is 337 g/mol. The molecule has 0 saturated carbocycles. The van der Waals surface area contributed by atoms with E-state index in [1.807, 2.05) is 39.0 Å². The van der Waals surface area contributed by atoms with E-state index in [1.54, 1.807) is 0 Å². The fraction of sp³-hybridized carbons (Fsp3) is 0.357. The van der Waals surface area contributed by atoms with E-state index in [0.29, 0.717) is 0 Å². The first kappa shape index (κ1) is 13.3. The number of hydrazone groups is 1. The van der Waals surface area contributed by atoms with Crippen LogP contribution >= 0.6 is 0 Å². The van der Waals surface area contributed by atoms with Crippen LogP contribution in [0.3, 0.4) is 0 Å². The SMILES string of the molecule is CC1[Se]C(=O)NN=C1c1ccc2c(c1)C(C)(C)C(=O)N2. The molecule has 0 aromatic heterocycles. The zero-order valence-corrected chi connectivity index (χ0v) is 13.2. The van der Waals surface area contributed by atoms with Gasteiger partial charge < -0.3 is 0 Å². The van der Waals surface area contributed by atoms with Crippen molar-refractivity contribution in [2.24, 2.45) is 5.10 Å². The average Bonchev–Trinajstić information content (AvgIpc) is 2.60. The van der Waals surface area contributed by atoms with Crippen molar-refractivity contribution in [2.45, 2.75) is 31.0 Å². The molecule has 0 bridgehead atoms. The first-order valence-corrected chi connectivity index (χ1v) is 8.24. The molecule has 0 fully saturated rings. The van der Waals surface area contributed by atoms with Gasteiger partial charge in [0, 0.05) is 0 Å². The van der Waals surface area contributed by atoms with Crippen LogP contribution in [0.25, 0.3) is 0 Å². The molecular formula is C14H15N3O2Se. The third-order valence-corrected chi connectivity index (χ3v) is 5.59. The first-order valence-electron chi connectivity index (χ1n) is 6.40. The van der Waals surface area contributed by atoms with Crippen LogP contribution in [-0.2, 0) is 10.2 Å². The summed E-state index contributed by atoms with van der Waals surface area (Å²) >= 11 is -0.139. The summed E-state index contributed by atoms with van der Waals surface area (Å²) < 4.78 is 0. The molecule has 0 radical (unpaired) electrons. The standard InChI is InChI=1S/C14H15N3O2Se/c1-7-11(16-17-13(19)20-7)8-4-5-10-9(6-8)14(2,3)12(18)15-10/h4-7H,1-3H3,(H,15,18)(H,17,19). The van der Waals surface area contributed by atoms with Crippen molar-refractivity contribution in [3.8, 4) is 0 Å². The Morgan fingerprint density at radius 2 is 2.05 bits per heavy atom. The van der Waals surface area contributed by atoms with Gasteiger partial charge in [-0.05, 0) is 0 Å². The Kier molecular flexibility index (Phi) is 2.96. The summed E-state index contributed by atoms with van der Waals surface area (Å²) in [4.78, 5) is 23.4. The maximum absolute atomic E-state index is 12.0. The normalized spacial score (nSPS) is 23.8. The molecule has 6 heteroatoms. The fourth-order valence-corrected chi connectivity index (χ4v) is 3.98. The van der Waals surface area contributed by atoms with Crippen LogP contribution in [0.15, 0.2) is 23.3 Å². The van der Waals surface area contributed by atoms with E-state index in [9.17, 15) is 9.59 Å². The molecule has 2 heterocycles. The third-order valence-electron chi connectivity index (χ3n) is 3.74. The summed E-state index contributed by atoms with van der Waals surface area (Å²) in [6.45, 7) is 5.84. The van der Waals surface area contributed by atoms with Gasteiger partial charge in [0.1, 0.15) is 0 Å². The molecule has 104 valence electrons. The zero-order valence-electron chi connectivity index (χ0n) is 11.5. The molecule has 2 amide bonds. The summed E-state index contributed by atoms with van der Waals surface area (Å²) in [5, 5.41) is 7.07. The summed E-state index contributed by atoms with van der Waals surface area (Å²) in [7, 11) is 0. The van der Waals surface area contributed by atoms with Crippen LogP contribution in [0.4, 0.5) is 10.5 Å². The average molecular weight is 336 g/mol. The van der Waals surface area contributed by atoms with Crippen molar-refractivity contribution in [3.05, 3.63) is 29.3 Å². The van der Waals surface area contributed by atoms with Crippen molar-refractivity contribution in [1.82, 2.24) is 5.43 Å². The summed E-state index contributed by atoms with van der Waals surface area (Å²) in [5.74, 6) is 0.0146. The summed E-state index contributed by atoms with van der Waals surface area (Å²) in [6, 6.07) is 5.87. The van der Waals surface area contributed by atoms with Crippen molar-refractivity contribution in [1.29, 1.82) is 0 Å². The van der Waals surface area contributed by atoms with Gasteiger partial charge in [-0.25, -0.2) is 0 Å². The molecule has 2 aliphatic heterocycles. The molecular weight excluding hydrogens is 321 g/mol. The number of amides is 2. The van der Waals surface area contributed by atoms with Crippen molar-refractivity contribution >= 4 is 37.1 Å². The minimum absolute atomic E-state index is 0.00656. The second kappa shape index (κ2) is 4.43. The van der Waals surface area contributed by atoms with Crippen LogP contribution in [0.1, 0.15) is 31.9 Å². The van der Waals surface area contributed by atoms with E-state index in [4.69, 9.17) is 0 Å². The number of nitrogens with zero attached hydrogens (tertiary/aromatic N) is 1. The molecule has 3 rings (SSSR count). The van der Waals surface area contributed by atoms with Crippen LogP contribution in [0.5, 0.6) is 0 Å². The number of benzene rings is 1. The zero-order chi connectivity index (χ0) is 14.5. The minimum atomic E-state index is -0.530. The van der Waals surface area contributed by atoms with Crippen LogP contribution in [0.2, 0.25) is 4.82 Å². The van der Waals surface area contributed by atoms with E-state index in [0.717, 1.165) is 22.5 Å². The van der Waals surface area contributed by atoms with Gasteiger partial charge >= 0.3 is 123 Å². The number of fused-ring (bicyclic) bond motifs is 1. The number of carbonyl (C=O) groups is 2. The Labute approximate surface area is 123 Å². The number of anilines is 1. The Morgan fingerprint density at radius 3 is 2.75 bits per heavy atom. The van der Waals surface area contributed by atoms with E-state index in [2.05, 4.69) is 15.8 Å². The van der Waals surface area contributed by atoms with E-state index >= 15 is 0 Å². The predicted octanol–water partition coefficient (Wildman–Crippen LogP) is 1.86. The van der Waals surface area contributed by atoms with Gasteiger partial charge in [-0.2, -0.15) is 0 Å². The quantitative estimate of drug-likeness (QED) is 0.769. The second-order valence-corrected chi connectivity index (χ2v) is 8.25. The summed E-state index contributed by atoms with van der Waals surface area (Å²) in [6.07, 6.45) is 0. The van der Waals surface area contributed by atoms with Gasteiger partial charge in [-0.15, -0.1) is 0 Å². The molecule has 1 atom stereocenters.